The van der Waals surface area contributed by atoms with Crippen molar-refractivity contribution in [3.63, 3.8) is 0 Å². The molecule has 0 aliphatic heterocycles. The fraction of sp³-hybridized carbons (Fsp3) is 0.143. The van der Waals surface area contributed by atoms with Gasteiger partial charge in [0.2, 0.25) is 0 Å². The lowest BCUT2D eigenvalue weighted by Gasteiger charge is -2.15. The van der Waals surface area contributed by atoms with Gasteiger partial charge < -0.3 is 5.84 Å². The SMILES string of the molecule is C[Si](C)(C#Cc1ccc(-n2c(=O)cc(C(F)(F)F)n(N)c2=O)cc1)c1ccccc1. The predicted octanol–water partition coefficient (Wildman–Crippen LogP) is 2.24. The number of nitrogens with two attached hydrogens (primary N) is 1. The van der Waals surface area contributed by atoms with E-state index in [1.54, 1.807) is 12.1 Å². The highest BCUT2D eigenvalue weighted by atomic mass is 28.3. The Kier molecular flexibility index (Phi) is 5.46. The number of nitrogens with zero attached hydrogens (tertiary/aromatic N) is 2. The van der Waals surface area contributed by atoms with Crippen molar-refractivity contribution in [1.82, 2.24) is 9.24 Å². The van der Waals surface area contributed by atoms with E-state index in [0.29, 0.717) is 16.2 Å². The van der Waals surface area contributed by atoms with Crippen LogP contribution in [0.2, 0.25) is 13.1 Å². The van der Waals surface area contributed by atoms with Gasteiger partial charge in [-0.25, -0.2) is 14.0 Å². The molecule has 0 unspecified atom stereocenters. The van der Waals surface area contributed by atoms with E-state index in [2.05, 4.69) is 24.6 Å². The average molecular weight is 429 g/mol. The molecule has 0 amide bonds. The molecule has 30 heavy (non-hydrogen) atoms. The predicted molar refractivity (Wildman–Crippen MR) is 112 cm³/mol. The number of hydrogen-bond acceptors (Lipinski definition) is 3. The molecule has 0 spiro atoms. The van der Waals surface area contributed by atoms with Crippen molar-refractivity contribution in [3.8, 4) is 17.2 Å². The number of rotatable bonds is 2. The van der Waals surface area contributed by atoms with Gasteiger partial charge in [-0.3, -0.25) is 4.79 Å². The second kappa shape index (κ2) is 7.72. The maximum Gasteiger partial charge on any atom is 0.433 e. The number of nitrogen functional groups attached to an aromatic ring is 1. The molecule has 1 aromatic heterocycles. The zero-order valence-corrected chi connectivity index (χ0v) is 17.2. The first-order valence-corrected chi connectivity index (χ1v) is 11.9. The lowest BCUT2D eigenvalue weighted by atomic mass is 10.2. The lowest BCUT2D eigenvalue weighted by molar-refractivity contribution is -0.143. The Morgan fingerprint density at radius 2 is 1.57 bits per heavy atom. The first kappa shape index (κ1) is 21.2. The number of hydrogen-bond donors (Lipinski definition) is 1. The summed E-state index contributed by atoms with van der Waals surface area (Å²) in [5.74, 6) is 8.36. The van der Waals surface area contributed by atoms with E-state index >= 15 is 0 Å². The molecule has 0 radical (unpaired) electrons. The van der Waals surface area contributed by atoms with Crippen LogP contribution in [0, 0.1) is 11.5 Å². The quantitative estimate of drug-likeness (QED) is 0.386. The number of alkyl halides is 3. The fourth-order valence-electron chi connectivity index (χ4n) is 2.86. The standard InChI is InChI=1S/C21H18F3N3O2Si/c1-30(2,17-6-4-3-5-7-17)13-12-15-8-10-16(11-9-15)26-19(28)14-18(21(22,23)24)27(25)20(26)29/h3-11,14H,25H2,1-2H3. The van der Waals surface area contributed by atoms with Crippen LogP contribution in [-0.2, 0) is 6.18 Å². The highest BCUT2D eigenvalue weighted by molar-refractivity contribution is 6.96. The monoisotopic (exact) mass is 429 g/mol. The molecule has 0 aliphatic carbocycles. The van der Waals surface area contributed by atoms with Gasteiger partial charge >= 0.3 is 11.9 Å². The third kappa shape index (κ3) is 4.23. The minimum atomic E-state index is -4.92. The van der Waals surface area contributed by atoms with Gasteiger partial charge in [0.05, 0.1) is 5.69 Å². The van der Waals surface area contributed by atoms with Crippen LogP contribution in [0.5, 0.6) is 0 Å². The van der Waals surface area contributed by atoms with Crippen molar-refractivity contribution in [2.24, 2.45) is 0 Å². The summed E-state index contributed by atoms with van der Waals surface area (Å²) in [6.07, 6.45) is -4.92. The van der Waals surface area contributed by atoms with Gasteiger partial charge in [0.1, 0.15) is 0 Å². The van der Waals surface area contributed by atoms with Crippen molar-refractivity contribution >= 4 is 13.3 Å². The molecule has 0 aliphatic rings. The largest absolute Gasteiger partial charge is 0.433 e. The molecule has 1 heterocycles. The molecule has 5 nitrogen and oxygen atoms in total. The van der Waals surface area contributed by atoms with Crippen LogP contribution in [0.1, 0.15) is 11.3 Å². The van der Waals surface area contributed by atoms with Crippen molar-refractivity contribution in [1.29, 1.82) is 0 Å². The normalized spacial score (nSPS) is 11.6. The van der Waals surface area contributed by atoms with Crippen molar-refractivity contribution in [3.05, 3.63) is 92.8 Å². The van der Waals surface area contributed by atoms with Gasteiger partial charge in [-0.15, -0.1) is 5.54 Å². The van der Waals surface area contributed by atoms with E-state index in [0.717, 1.165) is 0 Å². The van der Waals surface area contributed by atoms with Gasteiger partial charge in [0.25, 0.3) is 5.56 Å². The average Bonchev–Trinajstić information content (AvgIpc) is 2.70. The molecule has 3 rings (SSSR count). The van der Waals surface area contributed by atoms with Crippen LogP contribution in [0.3, 0.4) is 0 Å². The summed E-state index contributed by atoms with van der Waals surface area (Å²) in [6.45, 7) is 4.24. The molecule has 0 saturated carbocycles. The van der Waals surface area contributed by atoms with Crippen LogP contribution >= 0.6 is 0 Å². The fourth-order valence-corrected chi connectivity index (χ4v) is 4.49. The molecule has 154 valence electrons. The third-order valence-electron chi connectivity index (χ3n) is 4.57. The van der Waals surface area contributed by atoms with Crippen LogP contribution in [0.4, 0.5) is 13.2 Å². The zero-order valence-electron chi connectivity index (χ0n) is 16.2. The zero-order chi connectivity index (χ0) is 22.1. The Morgan fingerprint density at radius 1 is 0.967 bits per heavy atom. The van der Waals surface area contributed by atoms with Gasteiger partial charge in [0.15, 0.2) is 13.8 Å². The van der Waals surface area contributed by atoms with Crippen LogP contribution < -0.4 is 22.3 Å². The van der Waals surface area contributed by atoms with Gasteiger partial charge in [-0.1, -0.05) is 49.3 Å². The summed E-state index contributed by atoms with van der Waals surface area (Å²) in [5.41, 5.74) is 0.156. The smallest absolute Gasteiger partial charge is 0.335 e. The lowest BCUT2D eigenvalue weighted by Crippen LogP contribution is -2.45. The molecule has 0 fully saturated rings. The molecule has 2 aromatic carbocycles. The molecule has 9 heteroatoms. The third-order valence-corrected chi connectivity index (χ3v) is 7.09. The summed E-state index contributed by atoms with van der Waals surface area (Å²) in [4.78, 5) is 24.4. The summed E-state index contributed by atoms with van der Waals surface area (Å²) in [7, 11) is -1.98. The van der Waals surface area contributed by atoms with Crippen molar-refractivity contribution in [2.75, 3.05) is 5.84 Å². The first-order chi connectivity index (χ1) is 14.0. The highest BCUT2D eigenvalue weighted by Gasteiger charge is 2.35. The van der Waals surface area contributed by atoms with E-state index in [1.165, 1.54) is 17.3 Å². The van der Waals surface area contributed by atoms with E-state index in [-0.39, 0.29) is 10.4 Å². The molecular formula is C21H18F3N3O2Si. The molecule has 0 bridgehead atoms. The Bertz CT molecular complexity index is 1250. The second-order valence-electron chi connectivity index (χ2n) is 7.14. The molecule has 3 aromatic rings. The van der Waals surface area contributed by atoms with Gasteiger partial charge in [-0.2, -0.15) is 13.2 Å². The molecule has 2 N–H and O–H groups in total. The van der Waals surface area contributed by atoms with Crippen LogP contribution in [-0.4, -0.2) is 17.3 Å². The Morgan fingerprint density at radius 3 is 2.13 bits per heavy atom. The number of halogens is 3. The maximum atomic E-state index is 12.9. The number of benzene rings is 2. The summed E-state index contributed by atoms with van der Waals surface area (Å²) in [6, 6.07) is 16.3. The van der Waals surface area contributed by atoms with E-state index in [1.807, 2.05) is 30.3 Å². The van der Waals surface area contributed by atoms with Crippen LogP contribution in [0.25, 0.3) is 5.69 Å². The van der Waals surface area contributed by atoms with Gasteiger partial charge in [-0.05, 0) is 29.5 Å². The summed E-state index contributed by atoms with van der Waals surface area (Å²) in [5, 5.41) is 1.19. The highest BCUT2D eigenvalue weighted by Crippen LogP contribution is 2.26. The topological polar surface area (TPSA) is 70.0 Å². The summed E-state index contributed by atoms with van der Waals surface area (Å²) < 4.78 is 39.2. The van der Waals surface area contributed by atoms with Crippen molar-refractivity contribution < 1.29 is 13.2 Å². The van der Waals surface area contributed by atoms with E-state index < -0.39 is 31.2 Å². The maximum absolute atomic E-state index is 12.9. The molecule has 0 atom stereocenters. The minimum Gasteiger partial charge on any atom is -0.335 e. The Hall–Kier alpha value is -3.51. The molecule has 0 saturated heterocycles. The Balaban J connectivity index is 1.96. The number of aromatic nitrogens is 2. The first-order valence-electron chi connectivity index (χ1n) is 8.91. The molecular weight excluding hydrogens is 411 g/mol. The van der Waals surface area contributed by atoms with E-state index in [4.69, 9.17) is 5.84 Å². The second-order valence-corrected chi connectivity index (χ2v) is 11.2. The van der Waals surface area contributed by atoms with Crippen LogP contribution in [0.15, 0.2) is 70.3 Å². The van der Waals surface area contributed by atoms with Crippen molar-refractivity contribution in [2.45, 2.75) is 19.3 Å². The summed E-state index contributed by atoms with van der Waals surface area (Å²) >= 11 is 0. The minimum absolute atomic E-state index is 0.0803. The van der Waals surface area contributed by atoms with E-state index in [9.17, 15) is 22.8 Å². The van der Waals surface area contributed by atoms with Gasteiger partial charge in [0, 0.05) is 11.6 Å². The Labute approximate surface area is 171 Å².